The highest BCUT2D eigenvalue weighted by Gasteiger charge is 2.51. The van der Waals surface area contributed by atoms with Gasteiger partial charge in [0.1, 0.15) is 13.2 Å². The van der Waals surface area contributed by atoms with Crippen molar-refractivity contribution in [2.24, 2.45) is 0 Å². The minimum Gasteiger partial charge on any atom is -0.411 e. The number of rotatable bonds is 9. The summed E-state index contributed by atoms with van der Waals surface area (Å²) in [6, 6.07) is 0. The predicted octanol–water partition coefficient (Wildman–Crippen LogP) is 4.31. The largest absolute Gasteiger partial charge is 0.411 e. The van der Waals surface area contributed by atoms with Gasteiger partial charge in [-0.05, 0) is 26.2 Å². The molecule has 0 aromatic carbocycles. The fourth-order valence-electron chi connectivity index (χ4n) is 1.03. The van der Waals surface area contributed by atoms with E-state index in [0.29, 0.717) is 0 Å². The van der Waals surface area contributed by atoms with E-state index in [0.717, 1.165) is 0 Å². The molecule has 12 heteroatoms. The molecule has 0 N–H and O–H groups in total. The van der Waals surface area contributed by atoms with Crippen LogP contribution in [0.25, 0.3) is 0 Å². The quantitative estimate of drug-likeness (QED) is 0.440. The zero-order valence-electron chi connectivity index (χ0n) is 12.4. The number of hydrogen-bond acceptors (Lipinski definition) is 2. The van der Waals surface area contributed by atoms with E-state index in [1.54, 1.807) is 0 Å². The van der Waals surface area contributed by atoms with Crippen LogP contribution in [0.15, 0.2) is 0 Å². The summed E-state index contributed by atoms with van der Waals surface area (Å²) < 4.78 is 109. The van der Waals surface area contributed by atoms with Crippen molar-refractivity contribution in [3.05, 3.63) is 0 Å². The summed E-state index contributed by atoms with van der Waals surface area (Å²) in [5.74, 6) is -8.75. The number of hydrogen-bond donors (Lipinski definition) is 0. The average Bonchev–Trinajstić information content (AvgIpc) is 2.34. The molecule has 0 aliphatic rings. The van der Waals surface area contributed by atoms with Crippen molar-refractivity contribution in [1.82, 2.24) is 0 Å². The predicted molar refractivity (Wildman–Crippen MR) is 68.8 cm³/mol. The molecule has 0 aromatic heterocycles. The van der Waals surface area contributed by atoms with Crippen LogP contribution in [0.3, 0.4) is 0 Å². The van der Waals surface area contributed by atoms with Gasteiger partial charge in [-0.3, -0.25) is 0 Å². The van der Waals surface area contributed by atoms with Gasteiger partial charge in [-0.1, -0.05) is 0 Å². The molecule has 0 rings (SSSR count). The first-order valence-electron chi connectivity index (χ1n) is 6.15. The van der Waals surface area contributed by atoms with E-state index in [1.165, 1.54) is 26.2 Å². The summed E-state index contributed by atoms with van der Waals surface area (Å²) in [6.45, 7) is 2.19. The molecule has 0 bridgehead atoms. The highest BCUT2D eigenvalue weighted by molar-refractivity contribution is 7.35. The van der Waals surface area contributed by atoms with Gasteiger partial charge in [0.25, 0.3) is 0 Å². The number of halogens is 8. The first-order chi connectivity index (χ1) is 9.55. The second kappa shape index (κ2) is 7.13. The minimum atomic E-state index is -4.37. The van der Waals surface area contributed by atoms with Crippen molar-refractivity contribution in [1.29, 1.82) is 0 Å². The molecule has 0 saturated carbocycles. The molecule has 0 spiro atoms. The lowest BCUT2D eigenvalue weighted by Gasteiger charge is -2.38. The van der Waals surface area contributed by atoms with Gasteiger partial charge in [0.15, 0.2) is 0 Å². The molecule has 134 valence electrons. The van der Waals surface area contributed by atoms with E-state index in [1.807, 2.05) is 0 Å². The molecule has 22 heavy (non-hydrogen) atoms. The van der Waals surface area contributed by atoms with Crippen LogP contribution in [0.4, 0.5) is 35.1 Å². The summed E-state index contributed by atoms with van der Waals surface area (Å²) in [4.78, 5) is 0. The Labute approximate surface area is 124 Å². The Kier molecular flexibility index (Phi) is 7.07. The lowest BCUT2D eigenvalue weighted by Crippen LogP contribution is -2.61. The molecule has 2 nitrogen and oxygen atoms in total. The third-order valence-electron chi connectivity index (χ3n) is 3.34. The van der Waals surface area contributed by atoms with Crippen LogP contribution in [-0.2, 0) is 8.85 Å². The second-order valence-electron chi connectivity index (χ2n) is 5.72. The fraction of sp³-hybridized carbons (Fsp3) is 1.00. The van der Waals surface area contributed by atoms with Crippen molar-refractivity contribution in [3.63, 3.8) is 0 Å². The van der Waals surface area contributed by atoms with Crippen molar-refractivity contribution in [3.8, 4) is 0 Å². The van der Waals surface area contributed by atoms with E-state index in [-0.39, 0.29) is 0 Å². The van der Waals surface area contributed by atoms with Gasteiger partial charge < -0.3 is 8.85 Å². The Morgan fingerprint density at radius 1 is 0.682 bits per heavy atom. The smallest absolute Gasteiger partial charge is 0.328 e. The Hall–Kier alpha value is -0.206. The van der Waals surface area contributed by atoms with Crippen molar-refractivity contribution in [2.75, 3.05) is 13.2 Å². The molecule has 0 aromatic rings. The van der Waals surface area contributed by atoms with Gasteiger partial charge in [0.2, 0.25) is 15.7 Å². The third-order valence-corrected chi connectivity index (χ3v) is 17.5. The van der Waals surface area contributed by atoms with Crippen LogP contribution in [0.2, 0.25) is 26.2 Å². The minimum absolute atomic E-state index is 1.33. The van der Waals surface area contributed by atoms with Gasteiger partial charge in [-0.15, -0.1) is 0 Å². The molecule has 0 amide bonds. The van der Waals surface area contributed by atoms with Crippen LogP contribution in [0, 0.1) is 0 Å². The molecule has 0 aliphatic heterocycles. The Morgan fingerprint density at radius 3 is 1.09 bits per heavy atom. The maximum absolute atomic E-state index is 12.8. The van der Waals surface area contributed by atoms with Crippen LogP contribution in [0.1, 0.15) is 0 Å². The van der Waals surface area contributed by atoms with E-state index in [4.69, 9.17) is 8.85 Å². The Balaban J connectivity index is 4.80. The van der Waals surface area contributed by atoms with Gasteiger partial charge >= 0.3 is 24.7 Å². The SMILES string of the molecule is C[Si](C)(OCC(F)(F)C(F)F)[Si](C)(C)OCC(F)(F)C(F)F. The zero-order chi connectivity index (χ0) is 18.0. The first-order valence-corrected chi connectivity index (χ1v) is 13.0. The topological polar surface area (TPSA) is 18.5 Å². The number of alkyl halides is 8. The highest BCUT2D eigenvalue weighted by Crippen LogP contribution is 2.30. The fourth-order valence-corrected chi connectivity index (χ4v) is 5.35. The van der Waals surface area contributed by atoms with E-state index >= 15 is 0 Å². The van der Waals surface area contributed by atoms with Crippen LogP contribution in [0.5, 0.6) is 0 Å². The molecule has 0 fully saturated rings. The van der Waals surface area contributed by atoms with E-state index in [9.17, 15) is 35.1 Å². The Morgan fingerprint density at radius 2 is 0.909 bits per heavy atom. The third kappa shape index (κ3) is 5.78. The van der Waals surface area contributed by atoms with Gasteiger partial charge in [0, 0.05) is 0 Å². The standard InChI is InChI=1S/C10H18F8O2Si2/c1-21(2,19-5-9(15,16)7(11)12)22(3,4)20-6-10(17,18)8(13)14/h7-8H,5-6H2,1-4H3. The van der Waals surface area contributed by atoms with Gasteiger partial charge in [-0.25, -0.2) is 17.6 Å². The highest BCUT2D eigenvalue weighted by atomic mass is 29.3. The molecule has 0 radical (unpaired) electrons. The molecular weight excluding hydrogens is 360 g/mol. The first kappa shape index (κ1) is 21.8. The van der Waals surface area contributed by atoms with E-state index < -0.39 is 53.6 Å². The normalized spacial score (nSPS) is 15.0. The van der Waals surface area contributed by atoms with Crippen molar-refractivity contribution >= 4 is 15.7 Å². The monoisotopic (exact) mass is 378 g/mol. The van der Waals surface area contributed by atoms with Crippen molar-refractivity contribution in [2.45, 2.75) is 50.9 Å². The Bertz CT molecular complexity index is 329. The van der Waals surface area contributed by atoms with Gasteiger partial charge in [-0.2, -0.15) is 17.6 Å². The maximum atomic E-state index is 12.8. The molecule has 0 atom stereocenters. The molecule has 0 heterocycles. The molecular formula is C10H18F8O2Si2. The van der Waals surface area contributed by atoms with Crippen LogP contribution >= 0.6 is 0 Å². The summed E-state index contributed by atoms with van der Waals surface area (Å²) in [7, 11) is -6.39. The van der Waals surface area contributed by atoms with E-state index in [2.05, 4.69) is 0 Å². The average molecular weight is 378 g/mol. The summed E-state index contributed by atoms with van der Waals surface area (Å²) in [5, 5.41) is 0. The second-order valence-corrected chi connectivity index (χ2v) is 19.6. The molecule has 0 saturated heterocycles. The summed E-state index contributed by atoms with van der Waals surface area (Å²) >= 11 is 0. The maximum Gasteiger partial charge on any atom is 0.328 e. The van der Waals surface area contributed by atoms with Crippen LogP contribution in [-0.4, -0.2) is 53.6 Å². The van der Waals surface area contributed by atoms with Gasteiger partial charge in [0.05, 0.1) is 0 Å². The summed E-state index contributed by atoms with van der Waals surface area (Å²) in [6.07, 6.45) is -7.85. The molecule has 0 unspecified atom stereocenters. The summed E-state index contributed by atoms with van der Waals surface area (Å²) in [5.41, 5.74) is 0. The molecule has 0 aliphatic carbocycles. The zero-order valence-corrected chi connectivity index (χ0v) is 14.4. The lowest BCUT2D eigenvalue weighted by atomic mass is 10.4. The van der Waals surface area contributed by atoms with Crippen LogP contribution < -0.4 is 0 Å². The lowest BCUT2D eigenvalue weighted by molar-refractivity contribution is -0.151. The van der Waals surface area contributed by atoms with Crippen molar-refractivity contribution < 1.29 is 44.0 Å².